The van der Waals surface area contributed by atoms with Crippen molar-refractivity contribution in [3.8, 4) is 17.1 Å². The number of carbonyl (C=O) groups is 1. The average Bonchev–Trinajstić information content (AvgIpc) is 3.17. The van der Waals surface area contributed by atoms with Crippen LogP contribution in [-0.2, 0) is 24.2 Å². The SMILES string of the molecule is COc1cccc(CCC(=O)Nc2ccc(-c3nnc4n3CCCC4)cc2)c1. The molecule has 1 amide bonds. The number of fused-ring (bicyclic) bond motifs is 1. The first kappa shape index (κ1) is 18.2. The van der Waals surface area contributed by atoms with Crippen LogP contribution in [0.4, 0.5) is 5.69 Å². The van der Waals surface area contributed by atoms with Crippen molar-refractivity contribution < 1.29 is 9.53 Å². The molecule has 1 aliphatic rings. The fourth-order valence-corrected chi connectivity index (χ4v) is 3.53. The van der Waals surface area contributed by atoms with Crippen molar-refractivity contribution in [3.63, 3.8) is 0 Å². The number of nitrogens with zero attached hydrogens (tertiary/aromatic N) is 3. The van der Waals surface area contributed by atoms with Crippen molar-refractivity contribution >= 4 is 11.6 Å². The van der Waals surface area contributed by atoms with E-state index < -0.39 is 0 Å². The van der Waals surface area contributed by atoms with Crippen LogP contribution in [0.5, 0.6) is 5.75 Å². The first-order chi connectivity index (χ1) is 13.7. The Morgan fingerprint density at radius 1 is 1.14 bits per heavy atom. The Kier molecular flexibility index (Phi) is 5.37. The molecule has 0 radical (unpaired) electrons. The average molecular weight is 376 g/mol. The lowest BCUT2D eigenvalue weighted by atomic mass is 10.1. The Labute approximate surface area is 164 Å². The molecule has 2 heterocycles. The maximum atomic E-state index is 12.3. The Morgan fingerprint density at radius 3 is 2.82 bits per heavy atom. The number of hydrogen-bond acceptors (Lipinski definition) is 4. The molecule has 6 nitrogen and oxygen atoms in total. The van der Waals surface area contributed by atoms with E-state index in [1.165, 1.54) is 12.8 Å². The molecule has 0 saturated carbocycles. The van der Waals surface area contributed by atoms with Crippen LogP contribution in [0.3, 0.4) is 0 Å². The molecule has 144 valence electrons. The van der Waals surface area contributed by atoms with Crippen LogP contribution in [0, 0.1) is 0 Å². The van der Waals surface area contributed by atoms with Gasteiger partial charge in [0, 0.05) is 30.6 Å². The monoisotopic (exact) mass is 376 g/mol. The summed E-state index contributed by atoms with van der Waals surface area (Å²) in [7, 11) is 1.64. The lowest BCUT2D eigenvalue weighted by Crippen LogP contribution is -2.12. The van der Waals surface area contributed by atoms with Gasteiger partial charge in [0.05, 0.1) is 7.11 Å². The summed E-state index contributed by atoms with van der Waals surface area (Å²) in [6.07, 6.45) is 4.44. The molecule has 1 N–H and O–H groups in total. The highest BCUT2D eigenvalue weighted by Crippen LogP contribution is 2.24. The summed E-state index contributed by atoms with van der Waals surface area (Å²) in [6.45, 7) is 0.973. The molecule has 1 aromatic heterocycles. The van der Waals surface area contributed by atoms with E-state index in [-0.39, 0.29) is 5.91 Å². The van der Waals surface area contributed by atoms with Gasteiger partial charge >= 0.3 is 0 Å². The van der Waals surface area contributed by atoms with Gasteiger partial charge in [0.25, 0.3) is 0 Å². The van der Waals surface area contributed by atoms with Gasteiger partial charge in [-0.05, 0) is 61.2 Å². The Hall–Kier alpha value is -3.15. The summed E-state index contributed by atoms with van der Waals surface area (Å²) in [5, 5.41) is 11.6. The lowest BCUT2D eigenvalue weighted by molar-refractivity contribution is -0.116. The molecule has 2 aromatic carbocycles. The van der Waals surface area contributed by atoms with Gasteiger partial charge in [-0.15, -0.1) is 10.2 Å². The summed E-state index contributed by atoms with van der Waals surface area (Å²) in [4.78, 5) is 12.3. The number of anilines is 1. The van der Waals surface area contributed by atoms with Crippen LogP contribution in [0.25, 0.3) is 11.4 Å². The van der Waals surface area contributed by atoms with Crippen molar-refractivity contribution in [3.05, 3.63) is 59.9 Å². The highest BCUT2D eigenvalue weighted by Gasteiger charge is 2.16. The maximum absolute atomic E-state index is 12.3. The number of aromatic nitrogens is 3. The number of rotatable bonds is 6. The quantitative estimate of drug-likeness (QED) is 0.709. The number of carbonyl (C=O) groups excluding carboxylic acids is 1. The fourth-order valence-electron chi connectivity index (χ4n) is 3.53. The standard InChI is InChI=1S/C22H24N4O2/c1-28-19-6-4-5-16(15-19)8-13-21(27)23-18-11-9-17(10-12-18)22-25-24-20-7-2-3-14-26(20)22/h4-6,9-12,15H,2-3,7-8,13-14H2,1H3,(H,23,27). The molecule has 0 atom stereocenters. The summed E-state index contributed by atoms with van der Waals surface area (Å²) < 4.78 is 7.42. The van der Waals surface area contributed by atoms with E-state index in [4.69, 9.17) is 4.74 Å². The van der Waals surface area contributed by atoms with Crippen molar-refractivity contribution in [2.45, 2.75) is 38.6 Å². The molecule has 1 aliphatic heterocycles. The zero-order valence-electron chi connectivity index (χ0n) is 16.0. The third kappa shape index (κ3) is 4.06. The van der Waals surface area contributed by atoms with Gasteiger partial charge < -0.3 is 14.6 Å². The Morgan fingerprint density at radius 2 is 2.00 bits per heavy atom. The van der Waals surface area contributed by atoms with Gasteiger partial charge in [0.15, 0.2) is 5.82 Å². The normalized spacial score (nSPS) is 13.0. The minimum absolute atomic E-state index is 0.00423. The molecule has 6 heteroatoms. The van der Waals surface area contributed by atoms with Gasteiger partial charge in [-0.2, -0.15) is 0 Å². The third-order valence-electron chi connectivity index (χ3n) is 5.06. The number of amides is 1. The summed E-state index contributed by atoms with van der Waals surface area (Å²) in [5.74, 6) is 2.78. The summed E-state index contributed by atoms with van der Waals surface area (Å²) >= 11 is 0. The van der Waals surface area contributed by atoms with Crippen molar-refractivity contribution in [2.24, 2.45) is 0 Å². The van der Waals surface area contributed by atoms with Crippen LogP contribution in [0.15, 0.2) is 48.5 Å². The molecular formula is C22H24N4O2. The zero-order valence-corrected chi connectivity index (χ0v) is 16.0. The van der Waals surface area contributed by atoms with Gasteiger partial charge in [-0.25, -0.2) is 0 Å². The number of nitrogens with one attached hydrogen (secondary N) is 1. The van der Waals surface area contributed by atoms with Gasteiger partial charge in [-0.1, -0.05) is 12.1 Å². The number of hydrogen-bond donors (Lipinski definition) is 1. The highest BCUT2D eigenvalue weighted by molar-refractivity contribution is 5.91. The molecule has 0 saturated heterocycles. The predicted octanol–water partition coefficient (Wildman–Crippen LogP) is 3.86. The molecule has 0 fully saturated rings. The molecule has 28 heavy (non-hydrogen) atoms. The van der Waals surface area contributed by atoms with Crippen LogP contribution < -0.4 is 10.1 Å². The third-order valence-corrected chi connectivity index (χ3v) is 5.06. The number of benzene rings is 2. The van der Waals surface area contributed by atoms with E-state index >= 15 is 0 Å². The first-order valence-corrected chi connectivity index (χ1v) is 9.68. The number of aryl methyl sites for hydroxylation is 2. The second-order valence-corrected chi connectivity index (χ2v) is 7.03. The second kappa shape index (κ2) is 8.25. The van der Waals surface area contributed by atoms with E-state index in [0.29, 0.717) is 12.8 Å². The van der Waals surface area contributed by atoms with Crippen LogP contribution in [0.1, 0.15) is 30.7 Å². The molecular weight excluding hydrogens is 352 g/mol. The van der Waals surface area contributed by atoms with Crippen molar-refractivity contribution in [1.29, 1.82) is 0 Å². The van der Waals surface area contributed by atoms with E-state index in [0.717, 1.165) is 47.2 Å². The number of ether oxygens (including phenoxy) is 1. The minimum Gasteiger partial charge on any atom is -0.497 e. The molecule has 0 spiro atoms. The zero-order chi connectivity index (χ0) is 19.3. The first-order valence-electron chi connectivity index (χ1n) is 9.68. The topological polar surface area (TPSA) is 69.0 Å². The summed E-state index contributed by atoms with van der Waals surface area (Å²) in [6, 6.07) is 15.6. The fraction of sp³-hybridized carbons (Fsp3) is 0.318. The van der Waals surface area contributed by atoms with E-state index in [9.17, 15) is 4.79 Å². The number of methoxy groups -OCH3 is 1. The molecule has 0 unspecified atom stereocenters. The Balaban J connectivity index is 1.36. The lowest BCUT2D eigenvalue weighted by Gasteiger charge is -2.14. The molecule has 0 bridgehead atoms. The second-order valence-electron chi connectivity index (χ2n) is 7.03. The molecule has 3 aromatic rings. The van der Waals surface area contributed by atoms with E-state index in [2.05, 4.69) is 20.1 Å². The van der Waals surface area contributed by atoms with Gasteiger partial charge in [-0.3, -0.25) is 4.79 Å². The van der Waals surface area contributed by atoms with Crippen LogP contribution in [-0.4, -0.2) is 27.8 Å². The Bertz CT molecular complexity index is 963. The smallest absolute Gasteiger partial charge is 0.224 e. The maximum Gasteiger partial charge on any atom is 0.224 e. The van der Waals surface area contributed by atoms with Crippen LogP contribution >= 0.6 is 0 Å². The minimum atomic E-state index is -0.00423. The predicted molar refractivity (Wildman–Crippen MR) is 108 cm³/mol. The van der Waals surface area contributed by atoms with Crippen molar-refractivity contribution in [2.75, 3.05) is 12.4 Å². The van der Waals surface area contributed by atoms with Gasteiger partial charge in [0.1, 0.15) is 11.6 Å². The van der Waals surface area contributed by atoms with E-state index in [1.807, 2.05) is 48.5 Å². The summed E-state index contributed by atoms with van der Waals surface area (Å²) in [5.41, 5.74) is 2.90. The van der Waals surface area contributed by atoms with Gasteiger partial charge in [0.2, 0.25) is 5.91 Å². The largest absolute Gasteiger partial charge is 0.497 e. The molecule has 0 aliphatic carbocycles. The molecule has 4 rings (SSSR count). The van der Waals surface area contributed by atoms with Crippen LogP contribution in [0.2, 0.25) is 0 Å². The van der Waals surface area contributed by atoms with Crippen molar-refractivity contribution in [1.82, 2.24) is 14.8 Å². The highest BCUT2D eigenvalue weighted by atomic mass is 16.5. The van der Waals surface area contributed by atoms with E-state index in [1.54, 1.807) is 7.11 Å².